The lowest BCUT2D eigenvalue weighted by Gasteiger charge is -2.08. The summed E-state index contributed by atoms with van der Waals surface area (Å²) < 4.78 is 4.97. The van der Waals surface area contributed by atoms with Gasteiger partial charge in [0, 0.05) is 17.1 Å². The van der Waals surface area contributed by atoms with Crippen molar-refractivity contribution in [1.82, 2.24) is 5.32 Å². The molecule has 0 aliphatic carbocycles. The molecule has 5 nitrogen and oxygen atoms in total. The van der Waals surface area contributed by atoms with Gasteiger partial charge in [-0.25, -0.2) is 4.79 Å². The number of nitrogens with one attached hydrogen (secondary N) is 2. The van der Waals surface area contributed by atoms with E-state index in [0.29, 0.717) is 23.7 Å². The standard InChI is InChI=1S/C16H23ClN2O3/c1-2-3-4-5-6-15(20)18-11-12-22-16(21)19-14-9-7-13(17)8-10-14/h7-10H,2-6,11-12H2,1H3,(H,18,20)(H,19,21). The maximum Gasteiger partial charge on any atom is 0.411 e. The maximum atomic E-state index is 11.5. The number of benzene rings is 1. The van der Waals surface area contributed by atoms with Gasteiger partial charge in [-0.1, -0.05) is 37.8 Å². The molecule has 2 amide bonds. The van der Waals surface area contributed by atoms with Gasteiger partial charge in [0.25, 0.3) is 0 Å². The average Bonchev–Trinajstić information content (AvgIpc) is 2.50. The first kappa shape index (κ1) is 18.3. The molecule has 0 heterocycles. The lowest BCUT2D eigenvalue weighted by Crippen LogP contribution is -2.28. The molecule has 0 atom stereocenters. The van der Waals surface area contributed by atoms with E-state index in [1.54, 1.807) is 24.3 Å². The highest BCUT2D eigenvalue weighted by Crippen LogP contribution is 2.13. The molecule has 2 N–H and O–H groups in total. The molecule has 0 unspecified atom stereocenters. The van der Waals surface area contributed by atoms with Crippen LogP contribution in [0.1, 0.15) is 39.0 Å². The molecule has 122 valence electrons. The van der Waals surface area contributed by atoms with Gasteiger partial charge in [-0.2, -0.15) is 0 Å². The largest absolute Gasteiger partial charge is 0.447 e. The summed E-state index contributed by atoms with van der Waals surface area (Å²) >= 11 is 5.75. The summed E-state index contributed by atoms with van der Waals surface area (Å²) in [5.74, 6) is -0.00203. The monoisotopic (exact) mass is 326 g/mol. The second-order valence-electron chi connectivity index (χ2n) is 4.93. The number of hydrogen-bond acceptors (Lipinski definition) is 3. The Labute approximate surface area is 136 Å². The average molecular weight is 327 g/mol. The number of carbonyl (C=O) groups is 2. The Morgan fingerprint density at radius 3 is 2.55 bits per heavy atom. The fourth-order valence-electron chi connectivity index (χ4n) is 1.82. The molecule has 1 aromatic rings. The lowest BCUT2D eigenvalue weighted by atomic mass is 10.1. The molecule has 0 spiro atoms. The number of carbonyl (C=O) groups excluding carboxylic acids is 2. The second kappa shape index (κ2) is 10.9. The molecule has 1 aromatic carbocycles. The van der Waals surface area contributed by atoms with E-state index >= 15 is 0 Å². The van der Waals surface area contributed by atoms with Crippen molar-refractivity contribution in [3.63, 3.8) is 0 Å². The van der Waals surface area contributed by atoms with Gasteiger partial charge in [0.2, 0.25) is 5.91 Å². The summed E-state index contributed by atoms with van der Waals surface area (Å²) in [5.41, 5.74) is 0.606. The zero-order valence-electron chi connectivity index (χ0n) is 12.9. The molecule has 0 saturated carbocycles. The Balaban J connectivity index is 2.07. The molecule has 0 saturated heterocycles. The van der Waals surface area contributed by atoms with Crippen LogP contribution in [0.5, 0.6) is 0 Å². The van der Waals surface area contributed by atoms with Crippen LogP contribution in [0, 0.1) is 0 Å². The Kier molecular flexibility index (Phi) is 9.07. The summed E-state index contributed by atoms with van der Waals surface area (Å²) in [5, 5.41) is 5.90. The maximum absolute atomic E-state index is 11.5. The van der Waals surface area contributed by atoms with E-state index in [2.05, 4.69) is 17.6 Å². The third-order valence-corrected chi connectivity index (χ3v) is 3.26. The Hall–Kier alpha value is -1.75. The summed E-state index contributed by atoms with van der Waals surface area (Å²) in [4.78, 5) is 23.0. The lowest BCUT2D eigenvalue weighted by molar-refractivity contribution is -0.121. The molecule has 0 radical (unpaired) electrons. The predicted molar refractivity (Wildman–Crippen MR) is 88.2 cm³/mol. The number of rotatable bonds is 9. The normalized spacial score (nSPS) is 10.1. The van der Waals surface area contributed by atoms with Gasteiger partial charge in [-0.3, -0.25) is 10.1 Å². The fraction of sp³-hybridized carbons (Fsp3) is 0.500. The molecular weight excluding hydrogens is 304 g/mol. The molecule has 0 fully saturated rings. The predicted octanol–water partition coefficient (Wildman–Crippen LogP) is 3.98. The molecule has 6 heteroatoms. The van der Waals surface area contributed by atoms with Crippen molar-refractivity contribution >= 4 is 29.3 Å². The summed E-state index contributed by atoms with van der Waals surface area (Å²) in [6, 6.07) is 6.72. The number of halogens is 1. The van der Waals surface area contributed by atoms with Crippen LogP contribution < -0.4 is 10.6 Å². The minimum atomic E-state index is -0.556. The third kappa shape index (κ3) is 8.52. The molecule has 0 aliphatic rings. The minimum absolute atomic E-state index is 0.00203. The van der Waals surface area contributed by atoms with Gasteiger partial charge in [0.1, 0.15) is 6.61 Å². The highest BCUT2D eigenvalue weighted by atomic mass is 35.5. The van der Waals surface area contributed by atoms with E-state index in [1.165, 1.54) is 0 Å². The van der Waals surface area contributed by atoms with Gasteiger partial charge in [-0.05, 0) is 30.7 Å². The number of hydrogen-bond donors (Lipinski definition) is 2. The fourth-order valence-corrected chi connectivity index (χ4v) is 1.95. The van der Waals surface area contributed by atoms with E-state index in [0.717, 1.165) is 25.7 Å². The third-order valence-electron chi connectivity index (χ3n) is 3.01. The van der Waals surface area contributed by atoms with Gasteiger partial charge in [0.05, 0.1) is 6.54 Å². The molecule has 1 rings (SSSR count). The highest BCUT2D eigenvalue weighted by Gasteiger charge is 2.04. The summed E-state index contributed by atoms with van der Waals surface area (Å²) in [6.45, 7) is 2.59. The Morgan fingerprint density at radius 1 is 1.14 bits per heavy atom. The van der Waals surface area contributed by atoms with Crippen LogP contribution in [0.3, 0.4) is 0 Å². The van der Waals surface area contributed by atoms with Gasteiger partial charge >= 0.3 is 6.09 Å². The van der Waals surface area contributed by atoms with Crippen molar-refractivity contribution < 1.29 is 14.3 Å². The number of amides is 2. The smallest absolute Gasteiger partial charge is 0.411 e. The first-order valence-electron chi connectivity index (χ1n) is 7.58. The first-order valence-corrected chi connectivity index (χ1v) is 7.95. The van der Waals surface area contributed by atoms with Crippen molar-refractivity contribution in [3.8, 4) is 0 Å². The van der Waals surface area contributed by atoms with Crippen molar-refractivity contribution in [2.75, 3.05) is 18.5 Å². The van der Waals surface area contributed by atoms with Crippen LogP contribution in [-0.4, -0.2) is 25.2 Å². The highest BCUT2D eigenvalue weighted by molar-refractivity contribution is 6.30. The van der Waals surface area contributed by atoms with Crippen LogP contribution in [0.15, 0.2) is 24.3 Å². The van der Waals surface area contributed by atoms with Crippen LogP contribution in [-0.2, 0) is 9.53 Å². The van der Waals surface area contributed by atoms with Crippen molar-refractivity contribution in [2.45, 2.75) is 39.0 Å². The Morgan fingerprint density at radius 2 is 1.86 bits per heavy atom. The molecule has 0 bridgehead atoms. The van der Waals surface area contributed by atoms with Crippen LogP contribution in [0.25, 0.3) is 0 Å². The summed E-state index contributed by atoms with van der Waals surface area (Å²) in [7, 11) is 0. The molecule has 0 aromatic heterocycles. The number of unbranched alkanes of at least 4 members (excludes halogenated alkanes) is 3. The Bertz CT molecular complexity index is 463. The van der Waals surface area contributed by atoms with Crippen molar-refractivity contribution in [2.24, 2.45) is 0 Å². The minimum Gasteiger partial charge on any atom is -0.447 e. The number of anilines is 1. The topological polar surface area (TPSA) is 67.4 Å². The zero-order chi connectivity index (χ0) is 16.2. The quantitative estimate of drug-likeness (QED) is 0.674. The second-order valence-corrected chi connectivity index (χ2v) is 5.36. The van der Waals surface area contributed by atoms with E-state index in [-0.39, 0.29) is 12.5 Å². The molecular formula is C16H23ClN2O3. The van der Waals surface area contributed by atoms with Crippen LogP contribution >= 0.6 is 11.6 Å². The molecule has 0 aliphatic heterocycles. The van der Waals surface area contributed by atoms with Crippen molar-refractivity contribution in [3.05, 3.63) is 29.3 Å². The molecule has 22 heavy (non-hydrogen) atoms. The van der Waals surface area contributed by atoms with Crippen molar-refractivity contribution in [1.29, 1.82) is 0 Å². The van der Waals surface area contributed by atoms with Crippen LogP contribution in [0.4, 0.5) is 10.5 Å². The SMILES string of the molecule is CCCCCCC(=O)NCCOC(=O)Nc1ccc(Cl)cc1. The van der Waals surface area contributed by atoms with Gasteiger partial charge in [0.15, 0.2) is 0 Å². The first-order chi connectivity index (χ1) is 10.6. The van der Waals surface area contributed by atoms with Gasteiger partial charge < -0.3 is 10.1 Å². The summed E-state index contributed by atoms with van der Waals surface area (Å²) in [6.07, 6.45) is 4.25. The van der Waals surface area contributed by atoms with Gasteiger partial charge in [-0.15, -0.1) is 0 Å². The van der Waals surface area contributed by atoms with E-state index in [9.17, 15) is 9.59 Å². The van der Waals surface area contributed by atoms with Crippen LogP contribution in [0.2, 0.25) is 5.02 Å². The number of ether oxygens (including phenoxy) is 1. The van der Waals surface area contributed by atoms with E-state index in [4.69, 9.17) is 16.3 Å². The van der Waals surface area contributed by atoms with E-state index in [1.807, 2.05) is 0 Å². The zero-order valence-corrected chi connectivity index (χ0v) is 13.6. The van der Waals surface area contributed by atoms with E-state index < -0.39 is 6.09 Å².